The minimum Gasteiger partial charge on any atom is -0.322 e. The molecule has 240 valence electrons. The Morgan fingerprint density at radius 2 is 0.660 bits per heavy atom. The zero-order valence-electron chi connectivity index (χ0n) is 27.0. The van der Waals surface area contributed by atoms with Crippen LogP contribution in [-0.4, -0.2) is 11.8 Å². The quantitative estimate of drug-likeness (QED) is 0.177. The lowest BCUT2D eigenvalue weighted by Crippen LogP contribution is -2.29. The van der Waals surface area contributed by atoms with Crippen molar-refractivity contribution < 1.29 is 9.59 Å². The zero-order chi connectivity index (χ0) is 33.9. The van der Waals surface area contributed by atoms with Gasteiger partial charge < -0.3 is 10.6 Å². The van der Waals surface area contributed by atoms with Gasteiger partial charge in [0, 0.05) is 33.6 Å². The first-order valence-corrected chi connectivity index (χ1v) is 19.1. The van der Waals surface area contributed by atoms with Gasteiger partial charge in [-0.2, -0.15) is 0 Å². The maximum Gasteiger partial charge on any atom is 0.256 e. The molecule has 1 aliphatic heterocycles. The Morgan fingerprint density at radius 1 is 0.340 bits per heavy atom. The number of hydrogen-bond donors (Lipinski definition) is 2. The summed E-state index contributed by atoms with van der Waals surface area (Å²) in [6, 6.07) is 61.3. The van der Waals surface area contributed by atoms with Crippen molar-refractivity contribution in [2.45, 2.75) is 0 Å². The minimum absolute atomic E-state index is 0.228. The molecule has 8 rings (SSSR count). The van der Waals surface area contributed by atoms with Gasteiger partial charge in [-0.15, -0.1) is 0 Å². The van der Waals surface area contributed by atoms with Crippen LogP contribution in [0.3, 0.4) is 0 Å². The first-order chi connectivity index (χ1) is 24.7. The monoisotopic (exact) mass is 682 g/mol. The Hall–Kier alpha value is -5.66. The van der Waals surface area contributed by atoms with E-state index in [9.17, 15) is 9.59 Å². The number of hydrogen-bond acceptors (Lipinski definition) is 2. The molecule has 0 fully saturated rings. The number of benzene rings is 7. The highest BCUT2D eigenvalue weighted by Gasteiger charge is 2.32. The van der Waals surface area contributed by atoms with Crippen molar-refractivity contribution in [3.8, 4) is 11.1 Å². The van der Waals surface area contributed by atoms with Crippen molar-refractivity contribution in [2.24, 2.45) is 0 Å². The fourth-order valence-corrected chi connectivity index (χ4v) is 11.6. The van der Waals surface area contributed by atoms with E-state index in [0.29, 0.717) is 22.5 Å². The van der Waals surface area contributed by atoms with E-state index in [1.54, 1.807) is 6.07 Å². The van der Waals surface area contributed by atoms with Crippen LogP contribution < -0.4 is 42.5 Å². The van der Waals surface area contributed by atoms with Crippen LogP contribution in [0.5, 0.6) is 0 Å². The SMILES string of the molecule is O=C1Nc2cccc(c2)NC(=O)c2cccc(P(c3ccccc3)c3ccccc3)c2-c2c1cccc2P(c1ccccc1)c1ccccc1. The summed E-state index contributed by atoms with van der Waals surface area (Å²) in [5, 5.41) is 13.0. The molecule has 0 aromatic heterocycles. The van der Waals surface area contributed by atoms with E-state index >= 15 is 0 Å². The summed E-state index contributed by atoms with van der Waals surface area (Å²) in [7, 11) is -2.31. The molecule has 2 N–H and O–H groups in total. The maximum absolute atomic E-state index is 14.6. The first-order valence-electron chi connectivity index (χ1n) is 16.5. The van der Waals surface area contributed by atoms with Crippen LogP contribution >= 0.6 is 15.8 Å². The molecule has 50 heavy (non-hydrogen) atoms. The number of rotatable bonds is 6. The normalized spacial score (nSPS) is 12.4. The fourth-order valence-electron chi connectivity index (χ4n) is 6.59. The van der Waals surface area contributed by atoms with Crippen LogP contribution in [0.25, 0.3) is 11.1 Å². The van der Waals surface area contributed by atoms with Crippen LogP contribution in [0.4, 0.5) is 11.4 Å². The average Bonchev–Trinajstić information content (AvgIpc) is 3.17. The second-order valence-corrected chi connectivity index (χ2v) is 16.3. The summed E-state index contributed by atoms with van der Waals surface area (Å²) < 4.78 is 0. The summed E-state index contributed by atoms with van der Waals surface area (Å²) in [6.45, 7) is 0. The molecule has 2 bridgehead atoms. The molecule has 0 unspecified atom stereocenters. The molecule has 1 aliphatic rings. The third-order valence-corrected chi connectivity index (χ3v) is 13.7. The van der Waals surface area contributed by atoms with Crippen molar-refractivity contribution in [2.75, 3.05) is 10.6 Å². The lowest BCUT2D eigenvalue weighted by Gasteiger charge is -2.29. The summed E-state index contributed by atoms with van der Waals surface area (Å²) in [5.41, 5.74) is 3.82. The molecule has 4 nitrogen and oxygen atoms in total. The van der Waals surface area contributed by atoms with E-state index in [2.05, 4.69) is 120 Å². The van der Waals surface area contributed by atoms with Gasteiger partial charge in [-0.1, -0.05) is 152 Å². The van der Waals surface area contributed by atoms with Gasteiger partial charge in [-0.25, -0.2) is 0 Å². The average molecular weight is 683 g/mol. The molecule has 7 aromatic rings. The van der Waals surface area contributed by atoms with Crippen molar-refractivity contribution >= 4 is 70.9 Å². The van der Waals surface area contributed by atoms with E-state index in [0.717, 1.165) is 43.0 Å². The van der Waals surface area contributed by atoms with E-state index in [1.165, 1.54) is 0 Å². The molecule has 0 atom stereocenters. The number of anilines is 2. The Labute approximate surface area is 294 Å². The number of fused-ring (bicyclic) bond motifs is 5. The van der Waals surface area contributed by atoms with E-state index < -0.39 is 15.8 Å². The summed E-state index contributed by atoms with van der Waals surface area (Å²) >= 11 is 0. The summed E-state index contributed by atoms with van der Waals surface area (Å²) in [6.07, 6.45) is 0. The molecular weight excluding hydrogens is 650 g/mol. The molecule has 0 saturated heterocycles. The first kappa shape index (κ1) is 31.6. The topological polar surface area (TPSA) is 58.2 Å². The molecule has 7 aromatic carbocycles. The van der Waals surface area contributed by atoms with Crippen LogP contribution in [0.15, 0.2) is 182 Å². The number of carbonyl (C=O) groups is 2. The summed E-state index contributed by atoms with van der Waals surface area (Å²) in [4.78, 5) is 29.2. The number of nitrogens with one attached hydrogen (secondary N) is 2. The van der Waals surface area contributed by atoms with Gasteiger partial charge in [0.1, 0.15) is 0 Å². The smallest absolute Gasteiger partial charge is 0.256 e. The van der Waals surface area contributed by atoms with E-state index in [4.69, 9.17) is 0 Å². The molecular formula is C44H32N2O2P2. The van der Waals surface area contributed by atoms with Crippen molar-refractivity contribution in [3.05, 3.63) is 193 Å². The van der Waals surface area contributed by atoms with E-state index in [1.807, 2.05) is 66.7 Å². The highest BCUT2D eigenvalue weighted by Crippen LogP contribution is 2.44. The van der Waals surface area contributed by atoms with Crippen molar-refractivity contribution in [1.29, 1.82) is 0 Å². The van der Waals surface area contributed by atoms with Gasteiger partial charge >= 0.3 is 0 Å². The number of carbonyl (C=O) groups excluding carboxylic acids is 2. The van der Waals surface area contributed by atoms with Gasteiger partial charge in [0.05, 0.1) is 0 Å². The maximum atomic E-state index is 14.6. The highest BCUT2D eigenvalue weighted by atomic mass is 31.1. The molecule has 0 radical (unpaired) electrons. The minimum atomic E-state index is -1.16. The molecule has 6 heteroatoms. The molecule has 2 amide bonds. The van der Waals surface area contributed by atoms with Crippen LogP contribution in [0.1, 0.15) is 20.7 Å². The third-order valence-electron chi connectivity index (χ3n) is 8.74. The van der Waals surface area contributed by atoms with Crippen LogP contribution in [0.2, 0.25) is 0 Å². The number of amides is 2. The van der Waals surface area contributed by atoms with Gasteiger partial charge in [0.15, 0.2) is 0 Å². The van der Waals surface area contributed by atoms with Crippen molar-refractivity contribution in [3.63, 3.8) is 0 Å². The van der Waals surface area contributed by atoms with Gasteiger partial charge in [-0.05, 0) is 78.0 Å². The lowest BCUT2D eigenvalue weighted by atomic mass is 9.94. The molecule has 1 heterocycles. The van der Waals surface area contributed by atoms with E-state index in [-0.39, 0.29) is 11.8 Å². The standard InChI is InChI=1S/C44H32N2O2P2/c47-43-37-26-14-28-39(49(33-18-5-1-6-19-33)34-20-7-2-8-21-34)41(37)42-38(44(48)46-32-17-13-16-31(30-32)45-43)27-15-29-40(42)50(35-22-9-3-10-23-35)36-24-11-4-12-25-36/h1-30H,(H,45,47)(H,46,48). The summed E-state index contributed by atoms with van der Waals surface area (Å²) in [5.74, 6) is -0.456. The van der Waals surface area contributed by atoms with Crippen LogP contribution in [0, 0.1) is 0 Å². The zero-order valence-corrected chi connectivity index (χ0v) is 28.8. The molecule has 0 aliphatic carbocycles. The lowest BCUT2D eigenvalue weighted by molar-refractivity contribution is 0.101. The van der Waals surface area contributed by atoms with Crippen molar-refractivity contribution in [1.82, 2.24) is 0 Å². The Bertz CT molecular complexity index is 2070. The van der Waals surface area contributed by atoms with Gasteiger partial charge in [0.2, 0.25) is 0 Å². The van der Waals surface area contributed by atoms with Gasteiger partial charge in [-0.3, -0.25) is 9.59 Å². The largest absolute Gasteiger partial charge is 0.322 e. The second kappa shape index (κ2) is 14.1. The Kier molecular flexibility index (Phi) is 8.88. The third kappa shape index (κ3) is 6.16. The predicted octanol–water partition coefficient (Wildman–Crippen LogP) is 7.69. The fraction of sp³-hybridized carbons (Fsp3) is 0. The Morgan fingerprint density at radius 3 is 1.00 bits per heavy atom. The Balaban J connectivity index is 1.51. The van der Waals surface area contributed by atoms with Gasteiger partial charge in [0.25, 0.3) is 11.8 Å². The predicted molar refractivity (Wildman–Crippen MR) is 212 cm³/mol. The second-order valence-electron chi connectivity index (χ2n) is 11.9. The molecule has 0 spiro atoms. The highest BCUT2D eigenvalue weighted by molar-refractivity contribution is 7.80. The van der Waals surface area contributed by atoms with Crippen LogP contribution in [-0.2, 0) is 0 Å². The molecule has 0 saturated carbocycles.